The molecular formula is C29H28N4O. The van der Waals surface area contributed by atoms with Crippen molar-refractivity contribution in [2.45, 2.75) is 51.6 Å². The number of fused-ring (bicyclic) bond motifs is 2. The first-order chi connectivity index (χ1) is 16.4. The second-order valence-electron chi connectivity index (χ2n) is 10.3. The van der Waals surface area contributed by atoms with Gasteiger partial charge in [-0.15, -0.1) is 0 Å². The molecule has 0 radical (unpaired) electrons. The zero-order chi connectivity index (χ0) is 23.4. The van der Waals surface area contributed by atoms with Crippen LogP contribution in [0.5, 0.6) is 0 Å². The van der Waals surface area contributed by atoms with Gasteiger partial charge in [-0.2, -0.15) is 0 Å². The Morgan fingerprint density at radius 3 is 2.44 bits per heavy atom. The van der Waals surface area contributed by atoms with E-state index in [0.29, 0.717) is 12.6 Å². The predicted octanol–water partition coefficient (Wildman–Crippen LogP) is 6.09. The van der Waals surface area contributed by atoms with Crippen LogP contribution in [0, 0.1) is 0 Å². The molecule has 0 spiro atoms. The van der Waals surface area contributed by atoms with Crippen LogP contribution in [0.4, 0.5) is 0 Å². The van der Waals surface area contributed by atoms with Crippen molar-refractivity contribution in [3.8, 4) is 11.1 Å². The first kappa shape index (κ1) is 20.8. The van der Waals surface area contributed by atoms with Crippen LogP contribution in [0.1, 0.15) is 50.9 Å². The van der Waals surface area contributed by atoms with Crippen molar-refractivity contribution in [2.24, 2.45) is 0 Å². The van der Waals surface area contributed by atoms with Gasteiger partial charge in [-0.25, -0.2) is 4.79 Å². The third-order valence-electron chi connectivity index (χ3n) is 6.90. The van der Waals surface area contributed by atoms with Gasteiger partial charge < -0.3 is 0 Å². The van der Waals surface area contributed by atoms with Crippen molar-refractivity contribution in [3.05, 3.63) is 94.9 Å². The minimum absolute atomic E-state index is 0.0227. The number of aromatic nitrogens is 4. The molecule has 0 amide bonds. The second kappa shape index (κ2) is 7.66. The number of hydrogen-bond acceptors (Lipinski definition) is 3. The van der Waals surface area contributed by atoms with E-state index in [0.717, 1.165) is 51.5 Å². The Bertz CT molecular complexity index is 1580. The normalized spacial score (nSPS) is 14.2. The standard InChI is InChI=1S/C29H28N4O/c1-29(2,3)21-10-8-19(9-11-21)27-23-7-5-4-6-20(23)16-31-24(27)18-32-26-17-30-15-14-25(26)33(28(32)34)22-12-13-22/h4-11,14-17,22H,12-13,18H2,1-3H3. The van der Waals surface area contributed by atoms with Crippen LogP contribution in [0.3, 0.4) is 0 Å². The topological polar surface area (TPSA) is 52.7 Å². The lowest BCUT2D eigenvalue weighted by molar-refractivity contribution is 0.590. The first-order valence-corrected chi connectivity index (χ1v) is 11.9. The molecule has 5 aromatic rings. The van der Waals surface area contributed by atoms with Crippen molar-refractivity contribution < 1.29 is 0 Å². The molecule has 0 saturated heterocycles. The average molecular weight is 449 g/mol. The predicted molar refractivity (Wildman–Crippen MR) is 137 cm³/mol. The molecule has 5 nitrogen and oxygen atoms in total. The summed E-state index contributed by atoms with van der Waals surface area (Å²) in [7, 11) is 0. The van der Waals surface area contributed by atoms with E-state index in [9.17, 15) is 4.79 Å². The van der Waals surface area contributed by atoms with E-state index < -0.39 is 0 Å². The van der Waals surface area contributed by atoms with Crippen molar-refractivity contribution in [1.82, 2.24) is 19.1 Å². The Morgan fingerprint density at radius 1 is 0.941 bits per heavy atom. The summed E-state index contributed by atoms with van der Waals surface area (Å²) < 4.78 is 3.78. The summed E-state index contributed by atoms with van der Waals surface area (Å²) in [6, 6.07) is 19.4. The van der Waals surface area contributed by atoms with Crippen molar-refractivity contribution in [2.75, 3.05) is 0 Å². The maximum Gasteiger partial charge on any atom is 0.329 e. The summed E-state index contributed by atoms with van der Waals surface area (Å²) in [5, 5.41) is 2.24. The van der Waals surface area contributed by atoms with Gasteiger partial charge in [0.25, 0.3) is 0 Å². The van der Waals surface area contributed by atoms with Crippen LogP contribution in [-0.4, -0.2) is 19.1 Å². The molecule has 1 aliphatic rings. The molecule has 1 aliphatic carbocycles. The summed E-state index contributed by atoms with van der Waals surface area (Å²) in [5.41, 5.74) is 6.32. The van der Waals surface area contributed by atoms with E-state index in [1.165, 1.54) is 5.56 Å². The van der Waals surface area contributed by atoms with Crippen LogP contribution in [-0.2, 0) is 12.0 Å². The van der Waals surface area contributed by atoms with Gasteiger partial charge in [-0.1, -0.05) is 69.3 Å². The van der Waals surface area contributed by atoms with Crippen LogP contribution < -0.4 is 5.69 Å². The summed E-state index contributed by atoms with van der Waals surface area (Å²) in [5.74, 6) is 0. The van der Waals surface area contributed by atoms with Crippen LogP contribution in [0.25, 0.3) is 32.9 Å². The molecule has 1 saturated carbocycles. The third-order valence-corrected chi connectivity index (χ3v) is 6.90. The molecule has 0 N–H and O–H groups in total. The molecule has 34 heavy (non-hydrogen) atoms. The maximum atomic E-state index is 13.5. The van der Waals surface area contributed by atoms with Gasteiger partial charge in [0.05, 0.1) is 29.5 Å². The lowest BCUT2D eigenvalue weighted by Gasteiger charge is -2.20. The minimum atomic E-state index is 0.0227. The fraction of sp³-hybridized carbons (Fsp3) is 0.276. The number of pyridine rings is 2. The lowest BCUT2D eigenvalue weighted by atomic mass is 9.86. The summed E-state index contributed by atoms with van der Waals surface area (Å²) in [6.07, 6.45) is 7.60. The number of hydrogen-bond donors (Lipinski definition) is 0. The molecule has 0 bridgehead atoms. The zero-order valence-corrected chi connectivity index (χ0v) is 19.8. The molecule has 0 aliphatic heterocycles. The fourth-order valence-corrected chi connectivity index (χ4v) is 4.90. The van der Waals surface area contributed by atoms with Gasteiger partial charge in [-0.3, -0.25) is 19.1 Å². The monoisotopic (exact) mass is 448 g/mol. The largest absolute Gasteiger partial charge is 0.329 e. The van der Waals surface area contributed by atoms with Gasteiger partial charge in [0.1, 0.15) is 0 Å². The van der Waals surface area contributed by atoms with E-state index in [-0.39, 0.29) is 11.1 Å². The van der Waals surface area contributed by atoms with Crippen LogP contribution in [0.2, 0.25) is 0 Å². The summed E-state index contributed by atoms with van der Waals surface area (Å²) >= 11 is 0. The van der Waals surface area contributed by atoms with E-state index >= 15 is 0 Å². The van der Waals surface area contributed by atoms with E-state index in [2.05, 4.69) is 68.2 Å². The van der Waals surface area contributed by atoms with Gasteiger partial charge in [0.2, 0.25) is 0 Å². The average Bonchev–Trinajstić information content (AvgIpc) is 3.63. The molecular weight excluding hydrogens is 420 g/mol. The molecule has 6 rings (SSSR count). The van der Waals surface area contributed by atoms with Crippen LogP contribution >= 0.6 is 0 Å². The number of nitrogens with zero attached hydrogens (tertiary/aromatic N) is 4. The van der Waals surface area contributed by atoms with Crippen molar-refractivity contribution in [3.63, 3.8) is 0 Å². The lowest BCUT2D eigenvalue weighted by Crippen LogP contribution is -2.24. The van der Waals surface area contributed by atoms with Gasteiger partial charge >= 0.3 is 5.69 Å². The molecule has 0 atom stereocenters. The Labute approximate surface area is 198 Å². The van der Waals surface area contributed by atoms with Gasteiger partial charge in [-0.05, 0) is 40.8 Å². The Balaban J connectivity index is 1.54. The third kappa shape index (κ3) is 3.43. The highest BCUT2D eigenvalue weighted by molar-refractivity contribution is 5.97. The summed E-state index contributed by atoms with van der Waals surface area (Å²) in [4.78, 5) is 22.7. The molecule has 3 heterocycles. The van der Waals surface area contributed by atoms with Crippen molar-refractivity contribution >= 4 is 21.8 Å². The van der Waals surface area contributed by atoms with E-state index in [4.69, 9.17) is 4.98 Å². The zero-order valence-electron chi connectivity index (χ0n) is 19.8. The highest BCUT2D eigenvalue weighted by Gasteiger charge is 2.29. The number of rotatable bonds is 4. The highest BCUT2D eigenvalue weighted by Crippen LogP contribution is 2.37. The maximum absolute atomic E-state index is 13.5. The Morgan fingerprint density at radius 2 is 1.71 bits per heavy atom. The molecule has 5 heteroatoms. The highest BCUT2D eigenvalue weighted by atomic mass is 16.1. The fourth-order valence-electron chi connectivity index (χ4n) is 4.90. The first-order valence-electron chi connectivity index (χ1n) is 11.9. The quantitative estimate of drug-likeness (QED) is 0.334. The van der Waals surface area contributed by atoms with Gasteiger partial charge in [0, 0.05) is 29.4 Å². The molecule has 3 aromatic heterocycles. The smallest absolute Gasteiger partial charge is 0.289 e. The number of benzene rings is 2. The van der Waals surface area contributed by atoms with Crippen molar-refractivity contribution in [1.29, 1.82) is 0 Å². The molecule has 170 valence electrons. The number of imidazole rings is 1. The Hall–Kier alpha value is -3.73. The summed E-state index contributed by atoms with van der Waals surface area (Å²) in [6.45, 7) is 7.08. The SMILES string of the molecule is CC(C)(C)c1ccc(-c2c(Cn3c(=O)n(C4CC4)c4ccncc43)ncc3ccccc23)cc1. The van der Waals surface area contributed by atoms with E-state index in [1.807, 2.05) is 27.5 Å². The Kier molecular flexibility index (Phi) is 4.70. The molecule has 1 fully saturated rings. The van der Waals surface area contributed by atoms with Gasteiger partial charge in [0.15, 0.2) is 0 Å². The molecule has 2 aromatic carbocycles. The van der Waals surface area contributed by atoms with E-state index in [1.54, 1.807) is 12.4 Å². The van der Waals surface area contributed by atoms with Crippen LogP contribution in [0.15, 0.2) is 78.0 Å². The minimum Gasteiger partial charge on any atom is -0.289 e. The molecule has 0 unspecified atom stereocenters. The second-order valence-corrected chi connectivity index (χ2v) is 10.3.